The maximum absolute atomic E-state index is 6.26. The minimum atomic E-state index is -0.193. The zero-order valence-electron chi connectivity index (χ0n) is 9.80. The van der Waals surface area contributed by atoms with Gasteiger partial charge >= 0.3 is 0 Å². The van der Waals surface area contributed by atoms with E-state index in [-0.39, 0.29) is 6.04 Å². The molecule has 2 N–H and O–H groups in total. The van der Waals surface area contributed by atoms with Crippen molar-refractivity contribution in [1.82, 2.24) is 9.55 Å². The largest absolute Gasteiger partial charge is 0.329 e. The van der Waals surface area contributed by atoms with Crippen molar-refractivity contribution in [1.29, 1.82) is 0 Å². The van der Waals surface area contributed by atoms with Gasteiger partial charge in [0.15, 0.2) is 0 Å². The van der Waals surface area contributed by atoms with E-state index in [1.807, 2.05) is 47.3 Å². The summed E-state index contributed by atoms with van der Waals surface area (Å²) in [5.41, 5.74) is 8.18. The van der Waals surface area contributed by atoms with E-state index in [1.54, 1.807) is 11.3 Å². The summed E-state index contributed by atoms with van der Waals surface area (Å²) < 4.78 is 2.01. The summed E-state index contributed by atoms with van der Waals surface area (Å²) in [5, 5.41) is 2.73. The highest BCUT2D eigenvalue weighted by Gasteiger charge is 2.17. The van der Waals surface area contributed by atoms with Crippen LogP contribution in [0.5, 0.6) is 0 Å². The average Bonchev–Trinajstić information content (AvgIpc) is 2.98. The van der Waals surface area contributed by atoms with Gasteiger partial charge in [0, 0.05) is 16.9 Å². The SMILES string of the molecule is Cn1c(C(N)c2cccs2)nc2ccc(Cl)cc21. The van der Waals surface area contributed by atoms with Crippen LogP contribution < -0.4 is 5.73 Å². The monoisotopic (exact) mass is 277 g/mol. The van der Waals surface area contributed by atoms with E-state index in [1.165, 1.54) is 0 Å². The Labute approximate surface area is 114 Å². The molecule has 0 saturated carbocycles. The van der Waals surface area contributed by atoms with Gasteiger partial charge in [0.1, 0.15) is 5.82 Å². The highest BCUT2D eigenvalue weighted by atomic mass is 35.5. The van der Waals surface area contributed by atoms with Gasteiger partial charge in [0.2, 0.25) is 0 Å². The maximum atomic E-state index is 6.26. The van der Waals surface area contributed by atoms with E-state index in [4.69, 9.17) is 17.3 Å². The number of nitrogens with zero attached hydrogens (tertiary/aromatic N) is 2. The number of aryl methyl sites for hydroxylation is 1. The van der Waals surface area contributed by atoms with Crippen molar-refractivity contribution in [3.63, 3.8) is 0 Å². The molecule has 3 nitrogen and oxygen atoms in total. The first-order valence-electron chi connectivity index (χ1n) is 5.57. The second-order valence-electron chi connectivity index (χ2n) is 4.16. The molecule has 3 rings (SSSR count). The van der Waals surface area contributed by atoms with Crippen molar-refractivity contribution < 1.29 is 0 Å². The van der Waals surface area contributed by atoms with Crippen LogP contribution in [-0.2, 0) is 7.05 Å². The fourth-order valence-electron chi connectivity index (χ4n) is 2.06. The highest BCUT2D eigenvalue weighted by molar-refractivity contribution is 7.10. The lowest BCUT2D eigenvalue weighted by Gasteiger charge is -2.09. The lowest BCUT2D eigenvalue weighted by atomic mass is 10.2. The first kappa shape index (κ1) is 11.7. The van der Waals surface area contributed by atoms with Gasteiger partial charge in [-0.2, -0.15) is 0 Å². The van der Waals surface area contributed by atoms with E-state index in [2.05, 4.69) is 4.98 Å². The second kappa shape index (κ2) is 4.39. The van der Waals surface area contributed by atoms with Crippen LogP contribution in [0, 0.1) is 0 Å². The summed E-state index contributed by atoms with van der Waals surface area (Å²) >= 11 is 7.65. The van der Waals surface area contributed by atoms with Crippen LogP contribution in [0.3, 0.4) is 0 Å². The molecule has 1 atom stereocenters. The third-order valence-corrected chi connectivity index (χ3v) is 4.20. The zero-order chi connectivity index (χ0) is 12.7. The first-order valence-corrected chi connectivity index (χ1v) is 6.83. The number of hydrogen-bond donors (Lipinski definition) is 1. The maximum Gasteiger partial charge on any atom is 0.132 e. The van der Waals surface area contributed by atoms with Crippen LogP contribution in [0.4, 0.5) is 0 Å². The molecule has 5 heteroatoms. The normalized spacial score (nSPS) is 13.1. The minimum Gasteiger partial charge on any atom is -0.329 e. The molecular formula is C13H12ClN3S. The Balaban J connectivity index is 2.15. The van der Waals surface area contributed by atoms with Crippen molar-refractivity contribution in [2.45, 2.75) is 6.04 Å². The van der Waals surface area contributed by atoms with Crippen LogP contribution in [0.2, 0.25) is 5.02 Å². The lowest BCUT2D eigenvalue weighted by molar-refractivity contribution is 0.738. The summed E-state index contributed by atoms with van der Waals surface area (Å²) in [6.45, 7) is 0. The Morgan fingerprint density at radius 3 is 2.94 bits per heavy atom. The predicted octanol–water partition coefficient (Wildman–Crippen LogP) is 3.34. The van der Waals surface area contributed by atoms with Gasteiger partial charge in [-0.25, -0.2) is 4.98 Å². The number of benzene rings is 1. The van der Waals surface area contributed by atoms with E-state index in [0.29, 0.717) is 5.02 Å². The topological polar surface area (TPSA) is 43.8 Å². The van der Waals surface area contributed by atoms with Crippen molar-refractivity contribution in [2.75, 3.05) is 0 Å². The van der Waals surface area contributed by atoms with Crippen LogP contribution in [-0.4, -0.2) is 9.55 Å². The number of rotatable bonds is 2. The molecule has 92 valence electrons. The van der Waals surface area contributed by atoms with Gasteiger partial charge in [0.25, 0.3) is 0 Å². The molecule has 0 radical (unpaired) electrons. The molecule has 3 aromatic rings. The van der Waals surface area contributed by atoms with Gasteiger partial charge in [-0.15, -0.1) is 11.3 Å². The quantitative estimate of drug-likeness (QED) is 0.781. The fraction of sp³-hybridized carbons (Fsp3) is 0.154. The third-order valence-electron chi connectivity index (χ3n) is 3.01. The Morgan fingerprint density at radius 2 is 2.22 bits per heavy atom. The van der Waals surface area contributed by atoms with Gasteiger partial charge in [-0.3, -0.25) is 0 Å². The molecular weight excluding hydrogens is 266 g/mol. The number of hydrogen-bond acceptors (Lipinski definition) is 3. The molecule has 0 saturated heterocycles. The van der Waals surface area contributed by atoms with E-state index in [0.717, 1.165) is 21.7 Å². The molecule has 0 spiro atoms. The van der Waals surface area contributed by atoms with Crippen molar-refractivity contribution in [2.24, 2.45) is 12.8 Å². The number of halogens is 1. The molecule has 0 aliphatic rings. The highest BCUT2D eigenvalue weighted by Crippen LogP contribution is 2.27. The van der Waals surface area contributed by atoms with Gasteiger partial charge in [0.05, 0.1) is 17.1 Å². The molecule has 2 heterocycles. The molecule has 1 aromatic carbocycles. The Kier molecular flexibility index (Phi) is 2.86. The Bertz CT molecular complexity index is 688. The van der Waals surface area contributed by atoms with E-state index < -0.39 is 0 Å². The zero-order valence-corrected chi connectivity index (χ0v) is 11.4. The molecule has 0 bridgehead atoms. The Hall–Kier alpha value is -1.36. The summed E-state index contributed by atoms with van der Waals surface area (Å²) in [7, 11) is 1.97. The predicted molar refractivity (Wildman–Crippen MR) is 76.1 cm³/mol. The summed E-state index contributed by atoms with van der Waals surface area (Å²) in [4.78, 5) is 5.71. The molecule has 1 unspecified atom stereocenters. The van der Waals surface area contributed by atoms with Crippen molar-refractivity contribution in [3.8, 4) is 0 Å². The lowest BCUT2D eigenvalue weighted by Crippen LogP contribution is -2.15. The van der Waals surface area contributed by atoms with E-state index in [9.17, 15) is 0 Å². The first-order chi connectivity index (χ1) is 8.66. The van der Waals surface area contributed by atoms with E-state index >= 15 is 0 Å². The summed E-state index contributed by atoms with van der Waals surface area (Å²) in [6.07, 6.45) is 0. The summed E-state index contributed by atoms with van der Waals surface area (Å²) in [5.74, 6) is 0.856. The van der Waals surface area contributed by atoms with Crippen molar-refractivity contribution >= 4 is 34.0 Å². The van der Waals surface area contributed by atoms with Crippen LogP contribution in [0.25, 0.3) is 11.0 Å². The average molecular weight is 278 g/mol. The van der Waals surface area contributed by atoms with Crippen LogP contribution in [0.1, 0.15) is 16.7 Å². The molecule has 2 aromatic heterocycles. The smallest absolute Gasteiger partial charge is 0.132 e. The number of nitrogens with two attached hydrogens (primary N) is 1. The number of fused-ring (bicyclic) bond motifs is 1. The molecule has 0 fully saturated rings. The molecule has 18 heavy (non-hydrogen) atoms. The Morgan fingerprint density at radius 1 is 1.39 bits per heavy atom. The standard InChI is InChI=1S/C13H12ClN3S/c1-17-10-7-8(14)4-5-9(10)16-13(17)12(15)11-3-2-6-18-11/h2-7,12H,15H2,1H3. The molecule has 0 aliphatic heterocycles. The van der Waals surface area contributed by atoms with Crippen LogP contribution >= 0.6 is 22.9 Å². The molecule has 0 aliphatic carbocycles. The number of imidazole rings is 1. The summed E-state index contributed by atoms with van der Waals surface area (Å²) in [6, 6.07) is 9.51. The second-order valence-corrected chi connectivity index (χ2v) is 5.57. The van der Waals surface area contributed by atoms with Gasteiger partial charge < -0.3 is 10.3 Å². The minimum absolute atomic E-state index is 0.193. The van der Waals surface area contributed by atoms with Gasteiger partial charge in [-0.05, 0) is 29.6 Å². The molecule has 0 amide bonds. The third kappa shape index (κ3) is 1.82. The number of thiophene rings is 1. The van der Waals surface area contributed by atoms with Gasteiger partial charge in [-0.1, -0.05) is 17.7 Å². The fourth-order valence-corrected chi connectivity index (χ4v) is 2.95. The number of aromatic nitrogens is 2. The van der Waals surface area contributed by atoms with Crippen LogP contribution in [0.15, 0.2) is 35.7 Å². The van der Waals surface area contributed by atoms with Crippen molar-refractivity contribution in [3.05, 3.63) is 51.4 Å².